The quantitative estimate of drug-likeness (QED) is 0.325. The van der Waals surface area contributed by atoms with Crippen LogP contribution in [0, 0.1) is 6.92 Å². The Morgan fingerprint density at radius 1 is 1.00 bits per heavy atom. The van der Waals surface area contributed by atoms with Crippen LogP contribution in [0.1, 0.15) is 32.1 Å². The molecule has 148 valence electrons. The van der Waals surface area contributed by atoms with Crippen LogP contribution in [0.2, 0.25) is 5.02 Å². The summed E-state index contributed by atoms with van der Waals surface area (Å²) < 4.78 is 0. The number of carbonyl (C=O) groups excluding carboxylic acids is 2. The molecule has 1 aromatic heterocycles. The first kappa shape index (κ1) is 19.6. The Bertz CT molecular complexity index is 1260. The van der Waals surface area contributed by atoms with Crippen LogP contribution in [0.25, 0.3) is 17.1 Å². The van der Waals surface area contributed by atoms with Crippen molar-refractivity contribution in [1.82, 2.24) is 9.97 Å². The number of halogens is 1. The fourth-order valence-corrected chi connectivity index (χ4v) is 3.10. The van der Waals surface area contributed by atoms with Gasteiger partial charge in [-0.2, -0.15) is 0 Å². The molecular weight excluding hydrogens is 398 g/mol. The highest BCUT2D eigenvalue weighted by Crippen LogP contribution is 2.16. The van der Waals surface area contributed by atoms with Crippen molar-refractivity contribution in [3.8, 4) is 0 Å². The number of rotatable bonds is 5. The maximum Gasteiger partial charge on any atom is 0.255 e. The van der Waals surface area contributed by atoms with Crippen molar-refractivity contribution >= 4 is 46.1 Å². The number of hydrogen-bond acceptors (Lipinski definition) is 3. The number of hydrogen-bond donors (Lipinski definition) is 2. The molecule has 0 unspecified atom stereocenters. The molecule has 0 aliphatic heterocycles. The van der Waals surface area contributed by atoms with Gasteiger partial charge in [-0.25, -0.2) is 4.98 Å². The summed E-state index contributed by atoms with van der Waals surface area (Å²) >= 11 is 5.85. The highest BCUT2D eigenvalue weighted by atomic mass is 35.5. The van der Waals surface area contributed by atoms with Gasteiger partial charge in [0.2, 0.25) is 5.78 Å². The van der Waals surface area contributed by atoms with Crippen LogP contribution in [0.3, 0.4) is 0 Å². The number of allylic oxidation sites excluding steroid dienone is 1. The molecule has 0 radical (unpaired) electrons. The Morgan fingerprint density at radius 2 is 1.73 bits per heavy atom. The number of fused-ring (bicyclic) bond motifs is 1. The van der Waals surface area contributed by atoms with Crippen LogP contribution in [-0.2, 0) is 0 Å². The smallest absolute Gasteiger partial charge is 0.255 e. The van der Waals surface area contributed by atoms with Crippen molar-refractivity contribution in [1.29, 1.82) is 0 Å². The SMILES string of the molecule is Cc1ccc2nc(C(=O)C=Cc3ccc(C(=O)Nc4ccc(Cl)cc4)cc3)[nH]c2c1. The number of ketones is 1. The van der Waals surface area contributed by atoms with E-state index in [-0.39, 0.29) is 11.7 Å². The van der Waals surface area contributed by atoms with E-state index in [9.17, 15) is 9.59 Å². The van der Waals surface area contributed by atoms with Crippen molar-refractivity contribution in [2.75, 3.05) is 5.32 Å². The molecule has 6 heteroatoms. The highest BCUT2D eigenvalue weighted by molar-refractivity contribution is 6.30. The van der Waals surface area contributed by atoms with Gasteiger partial charge in [0.05, 0.1) is 11.0 Å². The number of anilines is 1. The van der Waals surface area contributed by atoms with Gasteiger partial charge in [0.25, 0.3) is 5.91 Å². The molecule has 0 atom stereocenters. The minimum absolute atomic E-state index is 0.214. The molecule has 5 nitrogen and oxygen atoms in total. The number of aryl methyl sites for hydroxylation is 1. The van der Waals surface area contributed by atoms with E-state index in [1.807, 2.05) is 25.1 Å². The molecule has 4 rings (SSSR count). The van der Waals surface area contributed by atoms with E-state index in [2.05, 4.69) is 15.3 Å². The lowest BCUT2D eigenvalue weighted by molar-refractivity contribution is 0.102. The van der Waals surface area contributed by atoms with Gasteiger partial charge in [-0.1, -0.05) is 35.9 Å². The maximum atomic E-state index is 12.4. The van der Waals surface area contributed by atoms with E-state index < -0.39 is 0 Å². The Balaban J connectivity index is 1.43. The zero-order chi connectivity index (χ0) is 21.1. The van der Waals surface area contributed by atoms with Crippen LogP contribution in [0.15, 0.2) is 72.8 Å². The number of aromatic amines is 1. The minimum atomic E-state index is -0.221. The monoisotopic (exact) mass is 415 g/mol. The molecule has 0 aliphatic carbocycles. The van der Waals surface area contributed by atoms with Gasteiger partial charge in [-0.05, 0) is 72.7 Å². The molecule has 3 aromatic carbocycles. The van der Waals surface area contributed by atoms with Crippen molar-refractivity contribution in [2.24, 2.45) is 0 Å². The van der Waals surface area contributed by atoms with E-state index in [1.54, 1.807) is 54.6 Å². The number of imidazole rings is 1. The summed E-state index contributed by atoms with van der Waals surface area (Å²) in [6.45, 7) is 1.99. The first-order valence-electron chi connectivity index (χ1n) is 9.34. The van der Waals surface area contributed by atoms with Gasteiger partial charge in [0, 0.05) is 16.3 Å². The zero-order valence-electron chi connectivity index (χ0n) is 16.1. The average molecular weight is 416 g/mol. The lowest BCUT2D eigenvalue weighted by atomic mass is 10.1. The largest absolute Gasteiger partial charge is 0.335 e. The predicted octanol–water partition coefficient (Wildman–Crippen LogP) is 5.67. The van der Waals surface area contributed by atoms with E-state index in [1.165, 1.54) is 6.08 Å². The molecule has 2 N–H and O–H groups in total. The van der Waals surface area contributed by atoms with Gasteiger partial charge in [0.15, 0.2) is 5.82 Å². The molecule has 0 spiro atoms. The second-order valence-corrected chi connectivity index (χ2v) is 7.32. The third-order valence-corrected chi connectivity index (χ3v) is 4.82. The molecule has 30 heavy (non-hydrogen) atoms. The second kappa shape index (κ2) is 8.35. The van der Waals surface area contributed by atoms with Crippen LogP contribution < -0.4 is 5.32 Å². The third kappa shape index (κ3) is 4.47. The number of nitrogens with zero attached hydrogens (tertiary/aromatic N) is 1. The van der Waals surface area contributed by atoms with Crippen LogP contribution in [0.5, 0.6) is 0 Å². The van der Waals surface area contributed by atoms with Gasteiger partial charge >= 0.3 is 0 Å². The number of nitrogens with one attached hydrogen (secondary N) is 2. The summed E-state index contributed by atoms with van der Waals surface area (Å²) in [6.07, 6.45) is 3.16. The Hall–Kier alpha value is -3.70. The number of carbonyl (C=O) groups is 2. The number of aromatic nitrogens is 2. The summed E-state index contributed by atoms with van der Waals surface area (Å²) in [5.74, 6) is -0.138. The normalized spacial score (nSPS) is 11.1. The fourth-order valence-electron chi connectivity index (χ4n) is 2.97. The number of benzene rings is 3. The number of amides is 1. The Labute approximate surface area is 178 Å². The zero-order valence-corrected chi connectivity index (χ0v) is 16.9. The first-order chi connectivity index (χ1) is 14.5. The molecule has 1 amide bonds. The average Bonchev–Trinajstić information content (AvgIpc) is 3.17. The summed E-state index contributed by atoms with van der Waals surface area (Å²) in [4.78, 5) is 32.1. The van der Waals surface area contributed by atoms with Crippen molar-refractivity contribution < 1.29 is 9.59 Å². The van der Waals surface area contributed by atoms with Crippen molar-refractivity contribution in [3.05, 3.63) is 100 Å². The summed E-state index contributed by atoms with van der Waals surface area (Å²) in [5.41, 5.74) is 4.68. The maximum absolute atomic E-state index is 12.4. The van der Waals surface area contributed by atoms with Gasteiger partial charge < -0.3 is 10.3 Å². The van der Waals surface area contributed by atoms with Crippen LogP contribution in [0.4, 0.5) is 5.69 Å². The highest BCUT2D eigenvalue weighted by Gasteiger charge is 2.09. The molecule has 0 saturated heterocycles. The molecule has 0 fully saturated rings. The second-order valence-electron chi connectivity index (χ2n) is 6.89. The molecule has 0 aliphatic rings. The van der Waals surface area contributed by atoms with E-state index >= 15 is 0 Å². The van der Waals surface area contributed by atoms with Gasteiger partial charge in [-0.3, -0.25) is 9.59 Å². The summed E-state index contributed by atoms with van der Waals surface area (Å²) in [5, 5.41) is 3.42. The lowest BCUT2D eigenvalue weighted by Gasteiger charge is -2.05. The van der Waals surface area contributed by atoms with Crippen LogP contribution >= 0.6 is 11.6 Å². The molecule has 0 bridgehead atoms. The van der Waals surface area contributed by atoms with Gasteiger partial charge in [0.1, 0.15) is 0 Å². The summed E-state index contributed by atoms with van der Waals surface area (Å²) in [6, 6.07) is 19.7. The fraction of sp³-hybridized carbons (Fsp3) is 0.0417. The molecule has 1 heterocycles. The molecular formula is C24H18ClN3O2. The first-order valence-corrected chi connectivity index (χ1v) is 9.71. The number of H-pyrrole nitrogens is 1. The predicted molar refractivity (Wildman–Crippen MR) is 120 cm³/mol. The van der Waals surface area contributed by atoms with Gasteiger partial charge in [-0.15, -0.1) is 0 Å². The van der Waals surface area contributed by atoms with Crippen molar-refractivity contribution in [2.45, 2.75) is 6.92 Å². The standard InChI is InChI=1S/C24H18ClN3O2/c1-15-2-12-20-21(14-15)28-23(27-20)22(29)13-5-16-3-6-17(7-4-16)24(30)26-19-10-8-18(25)9-11-19/h2-14H,1H3,(H,26,30)(H,27,28). The Kier molecular flexibility index (Phi) is 5.46. The van der Waals surface area contributed by atoms with Crippen molar-refractivity contribution in [3.63, 3.8) is 0 Å². The molecule has 4 aromatic rings. The Morgan fingerprint density at radius 3 is 2.47 bits per heavy atom. The van der Waals surface area contributed by atoms with Crippen LogP contribution in [-0.4, -0.2) is 21.7 Å². The van der Waals surface area contributed by atoms with E-state index in [0.717, 1.165) is 22.2 Å². The lowest BCUT2D eigenvalue weighted by Crippen LogP contribution is -2.11. The van der Waals surface area contributed by atoms with E-state index in [0.29, 0.717) is 22.1 Å². The topological polar surface area (TPSA) is 74.8 Å². The third-order valence-electron chi connectivity index (χ3n) is 4.57. The molecule has 0 saturated carbocycles. The van der Waals surface area contributed by atoms with E-state index in [4.69, 9.17) is 11.6 Å². The minimum Gasteiger partial charge on any atom is -0.335 e. The summed E-state index contributed by atoms with van der Waals surface area (Å²) in [7, 11) is 0.